The number of likely N-dealkylation sites (tertiary alicyclic amines) is 3. The van der Waals surface area contributed by atoms with Crippen molar-refractivity contribution < 1.29 is 23.9 Å². The number of piperidine rings is 1. The zero-order valence-corrected chi connectivity index (χ0v) is 32.5. The van der Waals surface area contributed by atoms with Crippen molar-refractivity contribution in [3.05, 3.63) is 108 Å². The largest absolute Gasteiger partial charge is 0.461 e. The Bertz CT molecular complexity index is 1650. The Morgan fingerprint density at radius 1 is 0.673 bits per heavy atom. The number of carbonyl (C=O) groups excluding carboxylic acids is 4. The molecular formula is C46H58N4O5. The lowest BCUT2D eigenvalue weighted by Crippen LogP contribution is -2.54. The molecule has 0 bridgehead atoms. The number of carbonyl (C=O) groups is 4. The number of hydrogen-bond donors (Lipinski definition) is 1. The van der Waals surface area contributed by atoms with Crippen LogP contribution in [-0.2, 0) is 29.3 Å². The molecule has 9 heteroatoms. The number of esters is 1. The van der Waals surface area contributed by atoms with Crippen LogP contribution in [0.15, 0.2) is 91.0 Å². The number of nitrogens with one attached hydrogen (secondary N) is 1. The Hall–Kier alpha value is -4.50. The van der Waals surface area contributed by atoms with Gasteiger partial charge in [0, 0.05) is 45.9 Å². The first-order valence-corrected chi connectivity index (χ1v) is 20.8. The van der Waals surface area contributed by atoms with E-state index < -0.39 is 29.6 Å². The third-order valence-corrected chi connectivity index (χ3v) is 12.7. The van der Waals surface area contributed by atoms with Gasteiger partial charge in [-0.3, -0.25) is 19.2 Å². The minimum atomic E-state index is -0.852. The molecule has 4 fully saturated rings. The van der Waals surface area contributed by atoms with Crippen LogP contribution in [0.25, 0.3) is 0 Å². The van der Waals surface area contributed by atoms with E-state index in [1.54, 1.807) is 9.80 Å². The van der Waals surface area contributed by atoms with Gasteiger partial charge >= 0.3 is 5.97 Å². The monoisotopic (exact) mass is 746 g/mol. The maximum absolute atomic E-state index is 14.9. The third kappa shape index (κ3) is 8.98. The van der Waals surface area contributed by atoms with E-state index >= 15 is 0 Å². The summed E-state index contributed by atoms with van der Waals surface area (Å²) in [4.78, 5) is 61.5. The zero-order valence-electron chi connectivity index (χ0n) is 32.5. The molecule has 0 unspecified atom stereocenters. The lowest BCUT2D eigenvalue weighted by atomic mass is 9.67. The van der Waals surface area contributed by atoms with Gasteiger partial charge in [-0.25, -0.2) is 0 Å². The molecule has 3 saturated heterocycles. The van der Waals surface area contributed by atoms with Crippen LogP contribution >= 0.6 is 0 Å². The van der Waals surface area contributed by atoms with Crippen LogP contribution in [0.3, 0.4) is 0 Å². The van der Waals surface area contributed by atoms with E-state index in [9.17, 15) is 19.2 Å². The first-order valence-electron chi connectivity index (χ1n) is 20.8. The number of ether oxygens (including phenoxy) is 1. The highest BCUT2D eigenvalue weighted by Crippen LogP contribution is 2.43. The zero-order chi connectivity index (χ0) is 38.2. The average Bonchev–Trinajstić information content (AvgIpc) is 3.88. The summed E-state index contributed by atoms with van der Waals surface area (Å²) in [5.74, 6) is 0.184. The molecule has 1 saturated carbocycles. The lowest BCUT2D eigenvalue weighted by Gasteiger charge is -2.38. The summed E-state index contributed by atoms with van der Waals surface area (Å²) in [6, 6.07) is 28.7. The fourth-order valence-corrected chi connectivity index (χ4v) is 10.0. The van der Waals surface area contributed by atoms with Crippen molar-refractivity contribution in [1.82, 2.24) is 20.0 Å². The van der Waals surface area contributed by atoms with Gasteiger partial charge in [-0.05, 0) is 73.6 Å². The van der Waals surface area contributed by atoms with Crippen LogP contribution in [0.2, 0.25) is 0 Å². The average molecular weight is 747 g/mol. The van der Waals surface area contributed by atoms with Crippen molar-refractivity contribution in [3.8, 4) is 0 Å². The molecule has 9 nitrogen and oxygen atoms in total. The summed E-state index contributed by atoms with van der Waals surface area (Å²) >= 11 is 0. The number of amides is 3. The molecule has 3 aromatic carbocycles. The maximum Gasteiger partial charge on any atom is 0.302 e. The molecule has 3 aromatic rings. The summed E-state index contributed by atoms with van der Waals surface area (Å²) in [5, 5.41) is 3.24. The van der Waals surface area contributed by atoms with Crippen molar-refractivity contribution >= 4 is 23.7 Å². The number of hydrogen-bond acceptors (Lipinski definition) is 6. The second kappa shape index (κ2) is 18.0. The standard InChI is InChI=1S/C46H58N4O5/c1-34(51)55-40-28-42(45(54)49-27-15-25-41(49)44(53)47-30-36-18-14-26-48(32-36)31-35-16-6-2-7-17-35)50(33-40)43(52)29-46(37-19-8-3-9-20-37,38-21-10-4-11-22-38)39-23-12-5-13-24-39/h3-5,8-13,19-24,35-36,40-42H,2,6-7,14-18,25-33H2,1H3,(H,47,53)/t36-,40+,41-,42+/m1/s1. The summed E-state index contributed by atoms with van der Waals surface area (Å²) in [5.41, 5.74) is 2.04. The topological polar surface area (TPSA) is 99.3 Å². The fourth-order valence-electron chi connectivity index (χ4n) is 10.0. The highest BCUT2D eigenvalue weighted by atomic mass is 16.5. The molecule has 1 aliphatic carbocycles. The molecule has 0 aromatic heterocycles. The first kappa shape index (κ1) is 38.8. The van der Waals surface area contributed by atoms with E-state index in [0.717, 1.165) is 55.0 Å². The first-order chi connectivity index (χ1) is 26.8. The van der Waals surface area contributed by atoms with Gasteiger partial charge in [-0.2, -0.15) is 0 Å². The molecule has 7 rings (SSSR count). The summed E-state index contributed by atoms with van der Waals surface area (Å²) in [7, 11) is 0. The van der Waals surface area contributed by atoms with Gasteiger partial charge in [0.1, 0.15) is 18.2 Å². The van der Waals surface area contributed by atoms with Crippen molar-refractivity contribution in [2.75, 3.05) is 39.3 Å². The smallest absolute Gasteiger partial charge is 0.302 e. The van der Waals surface area contributed by atoms with Crippen molar-refractivity contribution in [1.29, 1.82) is 0 Å². The van der Waals surface area contributed by atoms with Crippen molar-refractivity contribution in [3.63, 3.8) is 0 Å². The summed E-state index contributed by atoms with van der Waals surface area (Å²) in [6.45, 7) is 5.86. The van der Waals surface area contributed by atoms with Crippen molar-refractivity contribution in [2.24, 2.45) is 11.8 Å². The predicted molar refractivity (Wildman–Crippen MR) is 213 cm³/mol. The Morgan fingerprint density at radius 2 is 1.25 bits per heavy atom. The quantitative estimate of drug-likeness (QED) is 0.172. The van der Waals surface area contributed by atoms with Crippen LogP contribution in [0.4, 0.5) is 0 Å². The van der Waals surface area contributed by atoms with Gasteiger partial charge < -0.3 is 24.8 Å². The lowest BCUT2D eigenvalue weighted by molar-refractivity contribution is -0.147. The minimum absolute atomic E-state index is 0.0602. The van der Waals surface area contributed by atoms with E-state index in [1.807, 2.05) is 54.6 Å². The van der Waals surface area contributed by atoms with Gasteiger partial charge in [0.05, 0.1) is 12.0 Å². The molecule has 0 radical (unpaired) electrons. The highest BCUT2D eigenvalue weighted by molar-refractivity contribution is 5.93. The van der Waals surface area contributed by atoms with E-state index in [0.29, 0.717) is 25.4 Å². The molecule has 292 valence electrons. The molecular weight excluding hydrogens is 689 g/mol. The second-order valence-electron chi connectivity index (χ2n) is 16.4. The summed E-state index contributed by atoms with van der Waals surface area (Å²) in [6.07, 6.45) is 9.93. The van der Waals surface area contributed by atoms with Crippen LogP contribution in [-0.4, -0.2) is 95.8 Å². The highest BCUT2D eigenvalue weighted by Gasteiger charge is 2.48. The molecule has 1 N–H and O–H groups in total. The van der Waals surface area contributed by atoms with Gasteiger partial charge in [-0.1, -0.05) is 110 Å². The van der Waals surface area contributed by atoms with Crippen LogP contribution < -0.4 is 5.32 Å². The van der Waals surface area contributed by atoms with Crippen molar-refractivity contribution in [2.45, 2.75) is 101 Å². The number of nitrogens with zero attached hydrogens (tertiary/aromatic N) is 3. The second-order valence-corrected chi connectivity index (χ2v) is 16.4. The molecule has 4 atom stereocenters. The van der Waals surface area contributed by atoms with Gasteiger partial charge in [-0.15, -0.1) is 0 Å². The normalized spacial score (nSPS) is 23.7. The van der Waals surface area contributed by atoms with Gasteiger partial charge in [0.25, 0.3) is 0 Å². The Labute approximate surface area is 326 Å². The van der Waals surface area contributed by atoms with E-state index in [-0.39, 0.29) is 37.1 Å². The maximum atomic E-state index is 14.9. The SMILES string of the molecule is CC(=O)O[C@H]1C[C@@H](C(=O)N2CCC[C@@H]2C(=O)NC[C@H]2CCCN(CC3CCCCC3)C2)N(C(=O)CC(c2ccccc2)(c2ccccc2)c2ccccc2)C1. The molecule has 4 aliphatic rings. The number of rotatable bonds is 12. The van der Waals surface area contributed by atoms with Crippen LogP contribution in [0.5, 0.6) is 0 Å². The van der Waals surface area contributed by atoms with E-state index in [2.05, 4.69) is 46.6 Å². The molecule has 0 spiro atoms. The third-order valence-electron chi connectivity index (χ3n) is 12.7. The predicted octanol–water partition coefficient (Wildman–Crippen LogP) is 6.34. The molecule has 55 heavy (non-hydrogen) atoms. The Kier molecular flexibility index (Phi) is 12.7. The number of benzene rings is 3. The van der Waals surface area contributed by atoms with E-state index in [4.69, 9.17) is 4.74 Å². The Morgan fingerprint density at radius 3 is 1.85 bits per heavy atom. The van der Waals surface area contributed by atoms with Gasteiger partial charge in [0.15, 0.2) is 0 Å². The minimum Gasteiger partial charge on any atom is -0.461 e. The molecule has 3 aliphatic heterocycles. The van der Waals surface area contributed by atoms with Gasteiger partial charge in [0.2, 0.25) is 17.7 Å². The molecule has 3 heterocycles. The molecule has 3 amide bonds. The Balaban J connectivity index is 1.08. The van der Waals surface area contributed by atoms with Crippen LogP contribution in [0.1, 0.15) is 94.2 Å². The fraction of sp³-hybridized carbons (Fsp3) is 0.522. The van der Waals surface area contributed by atoms with Crippen LogP contribution in [0, 0.1) is 11.8 Å². The summed E-state index contributed by atoms with van der Waals surface area (Å²) < 4.78 is 5.67. The van der Waals surface area contributed by atoms with E-state index in [1.165, 1.54) is 45.6 Å².